The van der Waals surface area contributed by atoms with E-state index in [1.165, 1.54) is 19.3 Å². The number of nitrogens with zero attached hydrogens (tertiary/aromatic N) is 2. The number of hydrogen-bond donors (Lipinski definition) is 1. The van der Waals surface area contributed by atoms with Crippen molar-refractivity contribution in [1.82, 2.24) is 10.3 Å². The summed E-state index contributed by atoms with van der Waals surface area (Å²) < 4.78 is 1.01. The molecule has 20 heavy (non-hydrogen) atoms. The molecule has 3 nitrogen and oxygen atoms in total. The van der Waals surface area contributed by atoms with Crippen molar-refractivity contribution in [3.63, 3.8) is 0 Å². The lowest BCUT2D eigenvalue weighted by Gasteiger charge is -2.36. The van der Waals surface area contributed by atoms with Gasteiger partial charge in [0, 0.05) is 22.0 Å². The van der Waals surface area contributed by atoms with Crippen LogP contribution in [-0.2, 0) is 0 Å². The Morgan fingerprint density at radius 2 is 2.25 bits per heavy atom. The average Bonchev–Trinajstić information content (AvgIpc) is 3.26. The van der Waals surface area contributed by atoms with Crippen molar-refractivity contribution in [2.75, 3.05) is 0 Å². The van der Waals surface area contributed by atoms with Crippen LogP contribution in [0.4, 0.5) is 0 Å². The lowest BCUT2D eigenvalue weighted by molar-refractivity contribution is 0.301. The van der Waals surface area contributed by atoms with Gasteiger partial charge < -0.3 is 0 Å². The molecule has 2 fully saturated rings. The summed E-state index contributed by atoms with van der Waals surface area (Å²) in [5.74, 6) is 0. The van der Waals surface area contributed by atoms with Crippen LogP contribution in [0.25, 0.3) is 0 Å². The molecule has 106 valence electrons. The second kappa shape index (κ2) is 6.05. The van der Waals surface area contributed by atoms with E-state index in [1.54, 1.807) is 0 Å². The Hall–Kier alpha value is -0.570. The largest absolute Gasteiger partial charge is 0.297 e. The van der Waals surface area contributed by atoms with Gasteiger partial charge in [-0.3, -0.25) is 5.32 Å². The standard InChI is InChI=1S/C15H18BrN3S/c16-11-3-6-14(18-9-11)20-13-2-1-7-15(8-13,10-17)19-12-4-5-12/h3,6,9,12-13,19H,1-2,4-5,7-8H2. The molecule has 0 saturated heterocycles. The molecule has 0 aromatic carbocycles. The van der Waals surface area contributed by atoms with Gasteiger partial charge in [0.15, 0.2) is 0 Å². The number of hydrogen-bond acceptors (Lipinski definition) is 4. The summed E-state index contributed by atoms with van der Waals surface area (Å²) in [6.45, 7) is 0. The van der Waals surface area contributed by atoms with Crippen LogP contribution in [0.5, 0.6) is 0 Å². The molecule has 1 N–H and O–H groups in total. The highest BCUT2D eigenvalue weighted by molar-refractivity contribution is 9.10. The van der Waals surface area contributed by atoms with Crippen LogP contribution in [0.2, 0.25) is 0 Å². The molecule has 0 radical (unpaired) electrons. The Balaban J connectivity index is 1.64. The molecule has 0 spiro atoms. The molecule has 3 rings (SSSR count). The fourth-order valence-electron chi connectivity index (χ4n) is 2.81. The second-order valence-electron chi connectivity index (χ2n) is 5.76. The maximum atomic E-state index is 9.59. The van der Waals surface area contributed by atoms with Gasteiger partial charge in [-0.1, -0.05) is 0 Å². The van der Waals surface area contributed by atoms with Crippen LogP contribution in [0, 0.1) is 11.3 Å². The third kappa shape index (κ3) is 3.55. The predicted molar refractivity (Wildman–Crippen MR) is 84.6 cm³/mol. The molecule has 0 aliphatic heterocycles. The molecule has 2 aliphatic rings. The van der Waals surface area contributed by atoms with Crippen molar-refractivity contribution in [2.24, 2.45) is 0 Å². The zero-order valence-electron chi connectivity index (χ0n) is 11.3. The Labute approximate surface area is 132 Å². The van der Waals surface area contributed by atoms with Crippen molar-refractivity contribution in [3.05, 3.63) is 22.8 Å². The molecule has 0 bridgehead atoms. The van der Waals surface area contributed by atoms with Gasteiger partial charge in [-0.05, 0) is 66.6 Å². The normalized spacial score (nSPS) is 29.9. The Bertz CT molecular complexity index is 509. The third-order valence-corrected chi connectivity index (χ3v) is 5.65. The maximum absolute atomic E-state index is 9.59. The first-order chi connectivity index (χ1) is 9.69. The van der Waals surface area contributed by atoms with E-state index < -0.39 is 0 Å². The lowest BCUT2D eigenvalue weighted by Crippen LogP contribution is -2.49. The van der Waals surface area contributed by atoms with E-state index in [0.717, 1.165) is 28.8 Å². The highest BCUT2D eigenvalue weighted by Gasteiger charge is 2.40. The number of nitrogens with one attached hydrogen (secondary N) is 1. The van der Waals surface area contributed by atoms with E-state index in [-0.39, 0.29) is 5.54 Å². The summed E-state index contributed by atoms with van der Waals surface area (Å²) in [5, 5.41) is 14.7. The number of pyridine rings is 1. The molecule has 1 aromatic heterocycles. The second-order valence-corrected chi connectivity index (χ2v) is 8.00. The van der Waals surface area contributed by atoms with E-state index >= 15 is 0 Å². The molecule has 2 saturated carbocycles. The highest BCUT2D eigenvalue weighted by Crippen LogP contribution is 2.39. The van der Waals surface area contributed by atoms with Gasteiger partial charge in [0.25, 0.3) is 0 Å². The SMILES string of the molecule is N#CC1(NC2CC2)CCCC(Sc2ccc(Br)cn2)C1. The van der Waals surface area contributed by atoms with E-state index in [9.17, 15) is 5.26 Å². The summed E-state index contributed by atoms with van der Waals surface area (Å²) in [7, 11) is 0. The summed E-state index contributed by atoms with van der Waals surface area (Å²) in [6, 6.07) is 7.22. The summed E-state index contributed by atoms with van der Waals surface area (Å²) >= 11 is 5.22. The summed E-state index contributed by atoms with van der Waals surface area (Å²) in [5.41, 5.74) is -0.299. The Morgan fingerprint density at radius 3 is 2.90 bits per heavy atom. The number of nitriles is 1. The van der Waals surface area contributed by atoms with Crippen LogP contribution < -0.4 is 5.32 Å². The summed E-state index contributed by atoms with van der Waals surface area (Å²) in [4.78, 5) is 4.43. The minimum Gasteiger partial charge on any atom is -0.297 e. The molecule has 1 heterocycles. The quantitative estimate of drug-likeness (QED) is 0.893. The number of aromatic nitrogens is 1. The van der Waals surface area contributed by atoms with Crippen molar-refractivity contribution in [1.29, 1.82) is 5.26 Å². The molecule has 0 amide bonds. The van der Waals surface area contributed by atoms with Crippen molar-refractivity contribution < 1.29 is 0 Å². The van der Waals surface area contributed by atoms with Gasteiger partial charge in [0.1, 0.15) is 5.54 Å². The topological polar surface area (TPSA) is 48.7 Å². The fourth-order valence-corrected chi connectivity index (χ4v) is 4.30. The van der Waals surface area contributed by atoms with Crippen molar-refractivity contribution in [3.8, 4) is 6.07 Å². The Kier molecular flexibility index (Phi) is 4.34. The molecular formula is C15H18BrN3S. The monoisotopic (exact) mass is 351 g/mol. The number of thioether (sulfide) groups is 1. The first kappa shape index (κ1) is 14.4. The molecular weight excluding hydrogens is 334 g/mol. The predicted octanol–water partition coefficient (Wildman–Crippen LogP) is 3.89. The number of rotatable bonds is 4. The first-order valence-corrected chi connectivity index (χ1v) is 8.84. The van der Waals surface area contributed by atoms with Crippen LogP contribution in [-0.4, -0.2) is 21.8 Å². The lowest BCUT2D eigenvalue weighted by atomic mass is 9.82. The summed E-state index contributed by atoms with van der Waals surface area (Å²) in [6.07, 6.45) is 8.53. The van der Waals surface area contributed by atoms with Gasteiger partial charge in [-0.15, -0.1) is 11.8 Å². The first-order valence-electron chi connectivity index (χ1n) is 7.16. The minimum absolute atomic E-state index is 0.299. The molecule has 1 aromatic rings. The average molecular weight is 352 g/mol. The van der Waals surface area contributed by atoms with Gasteiger partial charge in [-0.2, -0.15) is 5.26 Å². The van der Waals surface area contributed by atoms with Crippen LogP contribution >= 0.6 is 27.7 Å². The van der Waals surface area contributed by atoms with Gasteiger partial charge in [0.05, 0.1) is 11.1 Å². The Morgan fingerprint density at radius 1 is 1.40 bits per heavy atom. The van der Waals surface area contributed by atoms with Crippen LogP contribution in [0.3, 0.4) is 0 Å². The smallest absolute Gasteiger partial charge is 0.108 e. The zero-order chi connectivity index (χ0) is 14.0. The van der Waals surface area contributed by atoms with E-state index in [1.807, 2.05) is 30.1 Å². The minimum atomic E-state index is -0.299. The van der Waals surface area contributed by atoms with Gasteiger partial charge in [-0.25, -0.2) is 4.98 Å². The molecule has 5 heteroatoms. The maximum Gasteiger partial charge on any atom is 0.108 e. The highest BCUT2D eigenvalue weighted by atomic mass is 79.9. The van der Waals surface area contributed by atoms with Crippen LogP contribution in [0.1, 0.15) is 38.5 Å². The molecule has 2 atom stereocenters. The van der Waals surface area contributed by atoms with Crippen molar-refractivity contribution in [2.45, 2.75) is 60.4 Å². The fraction of sp³-hybridized carbons (Fsp3) is 0.600. The molecule has 2 unspecified atom stereocenters. The van der Waals surface area contributed by atoms with Crippen molar-refractivity contribution >= 4 is 27.7 Å². The number of halogens is 1. The van der Waals surface area contributed by atoms with Gasteiger partial charge >= 0.3 is 0 Å². The zero-order valence-corrected chi connectivity index (χ0v) is 13.7. The van der Waals surface area contributed by atoms with Crippen LogP contribution in [0.15, 0.2) is 27.8 Å². The third-order valence-electron chi connectivity index (χ3n) is 3.97. The van der Waals surface area contributed by atoms with E-state index in [0.29, 0.717) is 11.3 Å². The van der Waals surface area contributed by atoms with E-state index in [4.69, 9.17) is 0 Å². The van der Waals surface area contributed by atoms with Gasteiger partial charge in [0.2, 0.25) is 0 Å². The molecule has 2 aliphatic carbocycles. The van der Waals surface area contributed by atoms with E-state index in [2.05, 4.69) is 32.3 Å².